The molecule has 1 aliphatic heterocycles. The van der Waals surface area contributed by atoms with Crippen molar-refractivity contribution in [1.29, 1.82) is 0 Å². The summed E-state index contributed by atoms with van der Waals surface area (Å²) in [6, 6.07) is 6.23. The van der Waals surface area contributed by atoms with Gasteiger partial charge in [-0.05, 0) is 32.0 Å². The normalized spacial score (nSPS) is 15.1. The van der Waals surface area contributed by atoms with Crippen LogP contribution in [0.3, 0.4) is 0 Å². The molecule has 29 heavy (non-hydrogen) atoms. The van der Waals surface area contributed by atoms with E-state index in [2.05, 4.69) is 15.8 Å². The fourth-order valence-electron chi connectivity index (χ4n) is 2.77. The van der Waals surface area contributed by atoms with Gasteiger partial charge < -0.3 is 24.8 Å². The second-order valence-corrected chi connectivity index (χ2v) is 7.91. The zero-order chi connectivity index (χ0) is 20.8. The number of nitrogens with one attached hydrogen (secondary N) is 2. The summed E-state index contributed by atoms with van der Waals surface area (Å²) in [7, 11) is 0. The van der Waals surface area contributed by atoms with Gasteiger partial charge in [-0.15, -0.1) is 11.8 Å². The molecule has 1 atom stereocenters. The van der Waals surface area contributed by atoms with E-state index in [1.165, 1.54) is 17.8 Å². The first-order chi connectivity index (χ1) is 13.9. The molecule has 1 aromatic carbocycles. The molecule has 1 unspecified atom stereocenters. The Balaban J connectivity index is 1.47. The van der Waals surface area contributed by atoms with E-state index >= 15 is 0 Å². The maximum atomic E-state index is 14.4. The number of morpholine rings is 1. The van der Waals surface area contributed by atoms with Crippen LogP contribution in [0.4, 0.5) is 21.6 Å². The van der Waals surface area contributed by atoms with E-state index < -0.39 is 11.1 Å². The average Bonchev–Trinajstić information content (AvgIpc) is 3.11. The Kier molecular flexibility index (Phi) is 7.10. The Hall–Kier alpha value is -2.59. The number of carbonyl (C=O) groups is 2. The van der Waals surface area contributed by atoms with Gasteiger partial charge in [0, 0.05) is 24.8 Å². The van der Waals surface area contributed by atoms with Crippen molar-refractivity contribution < 1.29 is 23.2 Å². The summed E-state index contributed by atoms with van der Waals surface area (Å²) in [5.74, 6) is -0.0123. The molecule has 2 amide bonds. The second kappa shape index (κ2) is 9.75. The lowest BCUT2D eigenvalue weighted by Gasteiger charge is -2.29. The minimum absolute atomic E-state index is 0.0548. The van der Waals surface area contributed by atoms with Crippen LogP contribution >= 0.6 is 11.8 Å². The maximum Gasteiger partial charge on any atom is 0.238 e. The van der Waals surface area contributed by atoms with Crippen LogP contribution in [0.2, 0.25) is 0 Å². The Morgan fingerprint density at radius 1 is 1.28 bits per heavy atom. The third-order valence-electron chi connectivity index (χ3n) is 4.30. The molecule has 0 saturated carbocycles. The fraction of sp³-hybridized carbons (Fsp3) is 0.421. The number of halogens is 1. The monoisotopic (exact) mass is 422 g/mol. The fourth-order valence-corrected chi connectivity index (χ4v) is 3.46. The molecular weight excluding hydrogens is 399 g/mol. The Labute approximate surface area is 172 Å². The summed E-state index contributed by atoms with van der Waals surface area (Å²) >= 11 is 1.17. The molecule has 3 rings (SSSR count). The van der Waals surface area contributed by atoms with Crippen molar-refractivity contribution in [2.24, 2.45) is 0 Å². The van der Waals surface area contributed by atoms with Crippen LogP contribution in [-0.2, 0) is 14.3 Å². The summed E-state index contributed by atoms with van der Waals surface area (Å²) in [6.07, 6.45) is 0. The van der Waals surface area contributed by atoms with E-state index in [1.807, 2.05) is 4.90 Å². The Morgan fingerprint density at radius 2 is 2.03 bits per heavy atom. The third-order valence-corrected chi connectivity index (χ3v) is 5.44. The topological polar surface area (TPSA) is 96.7 Å². The highest BCUT2D eigenvalue weighted by Gasteiger charge is 2.18. The number of ether oxygens (including phenoxy) is 1. The molecule has 1 aliphatic rings. The van der Waals surface area contributed by atoms with Crippen molar-refractivity contribution in [2.75, 3.05) is 47.6 Å². The number of nitrogens with zero attached hydrogens (tertiary/aromatic N) is 2. The molecule has 0 spiro atoms. The van der Waals surface area contributed by atoms with Gasteiger partial charge in [0.15, 0.2) is 5.82 Å². The van der Waals surface area contributed by atoms with Crippen molar-refractivity contribution in [3.63, 3.8) is 0 Å². The van der Waals surface area contributed by atoms with Crippen molar-refractivity contribution in [1.82, 2.24) is 5.16 Å². The van der Waals surface area contributed by atoms with Crippen molar-refractivity contribution in [2.45, 2.75) is 19.1 Å². The summed E-state index contributed by atoms with van der Waals surface area (Å²) in [6.45, 7) is 5.81. The van der Waals surface area contributed by atoms with Crippen LogP contribution in [0.15, 0.2) is 28.8 Å². The van der Waals surface area contributed by atoms with Gasteiger partial charge in [0.2, 0.25) is 11.8 Å². The number of benzene rings is 1. The molecule has 0 aliphatic carbocycles. The Bertz CT molecular complexity index is 870. The lowest BCUT2D eigenvalue weighted by Crippen LogP contribution is -2.36. The largest absolute Gasteiger partial charge is 0.378 e. The molecule has 1 aromatic heterocycles. The first-order valence-corrected chi connectivity index (χ1v) is 10.2. The number of aryl methyl sites for hydroxylation is 1. The van der Waals surface area contributed by atoms with Crippen LogP contribution in [0.1, 0.15) is 12.7 Å². The van der Waals surface area contributed by atoms with E-state index in [0.717, 1.165) is 0 Å². The molecule has 8 nitrogen and oxygen atoms in total. The molecule has 0 bridgehead atoms. The van der Waals surface area contributed by atoms with E-state index in [0.29, 0.717) is 49.3 Å². The average molecular weight is 422 g/mol. The van der Waals surface area contributed by atoms with Crippen molar-refractivity contribution >= 4 is 40.8 Å². The van der Waals surface area contributed by atoms with Gasteiger partial charge in [-0.3, -0.25) is 9.59 Å². The zero-order valence-electron chi connectivity index (χ0n) is 16.2. The maximum absolute atomic E-state index is 14.4. The van der Waals surface area contributed by atoms with Crippen LogP contribution in [-0.4, -0.2) is 54.3 Å². The van der Waals surface area contributed by atoms with Gasteiger partial charge in [-0.2, -0.15) is 0 Å². The predicted octanol–water partition coefficient (Wildman–Crippen LogP) is 2.66. The molecule has 2 N–H and O–H groups in total. The minimum atomic E-state index is -0.474. The number of thioether (sulfide) groups is 1. The van der Waals surface area contributed by atoms with E-state index in [-0.39, 0.29) is 17.6 Å². The van der Waals surface area contributed by atoms with Gasteiger partial charge in [-0.25, -0.2) is 4.39 Å². The molecule has 1 saturated heterocycles. The minimum Gasteiger partial charge on any atom is -0.378 e. The van der Waals surface area contributed by atoms with E-state index in [4.69, 9.17) is 9.26 Å². The van der Waals surface area contributed by atoms with Crippen LogP contribution in [0.25, 0.3) is 0 Å². The van der Waals surface area contributed by atoms with Gasteiger partial charge >= 0.3 is 0 Å². The van der Waals surface area contributed by atoms with E-state index in [1.54, 1.807) is 32.0 Å². The van der Waals surface area contributed by atoms with Crippen molar-refractivity contribution in [3.8, 4) is 0 Å². The highest BCUT2D eigenvalue weighted by Crippen LogP contribution is 2.24. The highest BCUT2D eigenvalue weighted by molar-refractivity contribution is 8.01. The van der Waals surface area contributed by atoms with Crippen LogP contribution in [0.5, 0.6) is 0 Å². The lowest BCUT2D eigenvalue weighted by molar-refractivity contribution is -0.115. The zero-order valence-corrected chi connectivity index (χ0v) is 17.1. The standard InChI is InChI=1S/C19H23FN4O4S/c1-12-9-17(23-28-12)22-19(26)13(2)29-11-18(25)21-14-3-4-16(15(20)10-14)24-5-7-27-8-6-24/h3-4,9-10,13H,5-8,11H2,1-2H3,(H,21,25)(H,22,23,26). The molecule has 2 heterocycles. The SMILES string of the molecule is Cc1cc(NC(=O)C(C)SCC(=O)Nc2ccc(N3CCOCC3)c(F)c2)no1. The number of rotatable bonds is 7. The van der Waals surface area contributed by atoms with Crippen molar-refractivity contribution in [3.05, 3.63) is 35.8 Å². The molecule has 156 valence electrons. The molecule has 0 radical (unpaired) electrons. The van der Waals surface area contributed by atoms with Gasteiger partial charge in [0.05, 0.1) is 29.9 Å². The number of hydrogen-bond acceptors (Lipinski definition) is 7. The smallest absolute Gasteiger partial charge is 0.238 e. The second-order valence-electron chi connectivity index (χ2n) is 6.58. The summed E-state index contributed by atoms with van der Waals surface area (Å²) in [5.41, 5.74) is 0.870. The van der Waals surface area contributed by atoms with E-state index in [9.17, 15) is 14.0 Å². The Morgan fingerprint density at radius 3 is 2.69 bits per heavy atom. The highest BCUT2D eigenvalue weighted by atomic mass is 32.2. The van der Waals surface area contributed by atoms with Gasteiger partial charge in [0.1, 0.15) is 11.6 Å². The lowest BCUT2D eigenvalue weighted by atomic mass is 10.2. The summed E-state index contributed by atoms with van der Waals surface area (Å²) < 4.78 is 24.6. The van der Waals surface area contributed by atoms with Crippen LogP contribution in [0, 0.1) is 12.7 Å². The first kappa shape index (κ1) is 21.1. The first-order valence-electron chi connectivity index (χ1n) is 9.20. The molecule has 1 fully saturated rings. The van der Waals surface area contributed by atoms with Gasteiger partial charge in [-0.1, -0.05) is 5.16 Å². The molecule has 2 aromatic rings. The number of amides is 2. The molecule has 10 heteroatoms. The quantitative estimate of drug-likeness (QED) is 0.708. The number of carbonyl (C=O) groups excluding carboxylic acids is 2. The summed E-state index contributed by atoms with van der Waals surface area (Å²) in [5, 5.41) is 8.50. The van der Waals surface area contributed by atoms with Gasteiger partial charge in [0.25, 0.3) is 0 Å². The predicted molar refractivity (Wildman–Crippen MR) is 110 cm³/mol. The number of anilines is 3. The molecular formula is C19H23FN4O4S. The van der Waals surface area contributed by atoms with Crippen LogP contribution < -0.4 is 15.5 Å². The number of aromatic nitrogens is 1. The summed E-state index contributed by atoms with van der Waals surface area (Å²) in [4.78, 5) is 26.2. The number of hydrogen-bond donors (Lipinski definition) is 2. The third kappa shape index (κ3) is 5.94.